The second-order valence-electron chi connectivity index (χ2n) is 6.06. The molecule has 0 radical (unpaired) electrons. The van der Waals surface area contributed by atoms with E-state index in [1.54, 1.807) is 12.3 Å². The molecule has 1 aromatic carbocycles. The molecule has 1 aliphatic rings. The van der Waals surface area contributed by atoms with Gasteiger partial charge in [-0.15, -0.1) is 0 Å². The Labute approximate surface area is 160 Å². The summed E-state index contributed by atoms with van der Waals surface area (Å²) in [5.41, 5.74) is 5.35. The maximum atomic E-state index is 11.9. The zero-order valence-electron chi connectivity index (χ0n) is 13.7. The lowest BCUT2D eigenvalue weighted by atomic mass is 10.1. The number of rotatable bonds is 3. The van der Waals surface area contributed by atoms with E-state index in [1.807, 2.05) is 42.5 Å². The summed E-state index contributed by atoms with van der Waals surface area (Å²) in [6, 6.07) is 11.3. The van der Waals surface area contributed by atoms with Crippen molar-refractivity contribution in [3.05, 3.63) is 75.2 Å². The normalized spacial score (nSPS) is 13.7. The van der Waals surface area contributed by atoms with Crippen molar-refractivity contribution >= 4 is 41.3 Å². The van der Waals surface area contributed by atoms with Crippen molar-refractivity contribution in [2.45, 2.75) is 6.42 Å². The van der Waals surface area contributed by atoms with Crippen LogP contribution in [0.25, 0.3) is 23.4 Å². The summed E-state index contributed by atoms with van der Waals surface area (Å²) in [6.07, 6.45) is 6.42. The van der Waals surface area contributed by atoms with Crippen molar-refractivity contribution in [1.82, 2.24) is 15.3 Å². The molecule has 4 nitrogen and oxygen atoms in total. The Hall–Kier alpha value is -2.56. The number of aromatic nitrogens is 2. The smallest absolute Gasteiger partial charge is 0.253 e. The van der Waals surface area contributed by atoms with Gasteiger partial charge in [0, 0.05) is 36.1 Å². The Morgan fingerprint density at radius 2 is 1.92 bits per heavy atom. The molecule has 0 saturated heterocycles. The lowest BCUT2D eigenvalue weighted by Crippen LogP contribution is -2.31. The van der Waals surface area contributed by atoms with E-state index in [1.165, 1.54) is 0 Å². The molecule has 1 amide bonds. The van der Waals surface area contributed by atoms with Gasteiger partial charge >= 0.3 is 0 Å². The Bertz CT molecular complexity index is 1020. The first kappa shape index (κ1) is 16.9. The van der Waals surface area contributed by atoms with Crippen LogP contribution in [0.2, 0.25) is 10.0 Å². The molecule has 0 unspecified atom stereocenters. The van der Waals surface area contributed by atoms with Crippen LogP contribution in [0.15, 0.2) is 42.6 Å². The first-order valence-electron chi connectivity index (χ1n) is 8.20. The highest BCUT2D eigenvalue weighted by Crippen LogP contribution is 2.26. The number of fused-ring (bicyclic) bond motifs is 1. The lowest BCUT2D eigenvalue weighted by molar-refractivity contribution is 0.0946. The highest BCUT2D eigenvalue weighted by molar-refractivity contribution is 6.42. The van der Waals surface area contributed by atoms with E-state index in [0.29, 0.717) is 16.6 Å². The van der Waals surface area contributed by atoms with Crippen LogP contribution in [-0.4, -0.2) is 22.4 Å². The molecule has 0 atom stereocenters. The molecular weight excluding hydrogens is 369 g/mol. The molecule has 0 fully saturated rings. The SMILES string of the molecule is O=C1NCCc2[nH]c(-c3ccnc(C=Cc4ccc(Cl)c(Cl)c4)c3)cc21. The van der Waals surface area contributed by atoms with Crippen molar-refractivity contribution < 1.29 is 4.79 Å². The van der Waals surface area contributed by atoms with Gasteiger partial charge < -0.3 is 10.3 Å². The third-order valence-electron chi connectivity index (χ3n) is 4.29. The van der Waals surface area contributed by atoms with Gasteiger partial charge in [-0.2, -0.15) is 0 Å². The van der Waals surface area contributed by atoms with Gasteiger partial charge in [0.25, 0.3) is 5.91 Å². The minimum absolute atomic E-state index is 0.0254. The van der Waals surface area contributed by atoms with Crippen molar-refractivity contribution in [1.29, 1.82) is 0 Å². The fourth-order valence-corrected chi connectivity index (χ4v) is 3.26. The number of hydrogen-bond acceptors (Lipinski definition) is 2. The zero-order valence-corrected chi connectivity index (χ0v) is 15.2. The average Bonchev–Trinajstić information content (AvgIpc) is 3.09. The summed E-state index contributed by atoms with van der Waals surface area (Å²) in [5, 5.41) is 3.91. The van der Waals surface area contributed by atoms with Crippen molar-refractivity contribution in [2.24, 2.45) is 0 Å². The number of hydrogen-bond donors (Lipinski definition) is 2. The predicted molar refractivity (Wildman–Crippen MR) is 105 cm³/mol. The first-order valence-corrected chi connectivity index (χ1v) is 8.95. The van der Waals surface area contributed by atoms with Crippen molar-refractivity contribution in [2.75, 3.05) is 6.54 Å². The van der Waals surface area contributed by atoms with Gasteiger partial charge in [0.2, 0.25) is 0 Å². The Morgan fingerprint density at radius 3 is 2.73 bits per heavy atom. The topological polar surface area (TPSA) is 57.8 Å². The summed E-state index contributed by atoms with van der Waals surface area (Å²) >= 11 is 12.0. The first-order chi connectivity index (χ1) is 12.6. The molecule has 4 rings (SSSR count). The summed E-state index contributed by atoms with van der Waals surface area (Å²) < 4.78 is 0. The third-order valence-corrected chi connectivity index (χ3v) is 5.03. The van der Waals surface area contributed by atoms with E-state index in [0.717, 1.165) is 40.2 Å². The minimum Gasteiger partial charge on any atom is -0.358 e. The van der Waals surface area contributed by atoms with E-state index in [9.17, 15) is 4.79 Å². The van der Waals surface area contributed by atoms with Crippen molar-refractivity contribution in [3.63, 3.8) is 0 Å². The molecule has 0 aliphatic carbocycles. The Balaban J connectivity index is 1.62. The number of nitrogens with one attached hydrogen (secondary N) is 2. The molecule has 0 spiro atoms. The van der Waals surface area contributed by atoms with Crippen LogP contribution in [0.3, 0.4) is 0 Å². The van der Waals surface area contributed by atoms with Gasteiger partial charge in [0.05, 0.1) is 21.3 Å². The van der Waals surface area contributed by atoms with E-state index >= 15 is 0 Å². The van der Waals surface area contributed by atoms with E-state index in [2.05, 4.69) is 15.3 Å². The van der Waals surface area contributed by atoms with Crippen LogP contribution in [0.4, 0.5) is 0 Å². The fraction of sp³-hybridized carbons (Fsp3) is 0.100. The molecule has 0 bridgehead atoms. The molecule has 3 aromatic rings. The number of benzene rings is 1. The van der Waals surface area contributed by atoms with Gasteiger partial charge in [0.1, 0.15) is 0 Å². The summed E-state index contributed by atoms with van der Waals surface area (Å²) in [6.45, 7) is 0.666. The van der Waals surface area contributed by atoms with Gasteiger partial charge in [-0.3, -0.25) is 9.78 Å². The highest BCUT2D eigenvalue weighted by atomic mass is 35.5. The number of carbonyl (C=O) groups is 1. The predicted octanol–water partition coefficient (Wildman–Crippen LogP) is 4.84. The average molecular weight is 384 g/mol. The standard InChI is InChI=1S/C20H15Cl2N3O/c21-16-4-2-12(9-17(16)22)1-3-14-10-13(5-7-23-14)19-11-15-18(25-19)6-8-24-20(15)26/h1-5,7,9-11,25H,6,8H2,(H,24,26). The second kappa shape index (κ2) is 6.98. The number of carbonyl (C=O) groups excluding carboxylic acids is 1. The second-order valence-corrected chi connectivity index (χ2v) is 6.87. The molecule has 6 heteroatoms. The number of amides is 1. The summed E-state index contributed by atoms with van der Waals surface area (Å²) in [4.78, 5) is 19.7. The Morgan fingerprint density at radius 1 is 1.04 bits per heavy atom. The number of H-pyrrole nitrogens is 1. The highest BCUT2D eigenvalue weighted by Gasteiger charge is 2.19. The van der Waals surface area contributed by atoms with Crippen LogP contribution < -0.4 is 5.32 Å². The molecule has 2 aromatic heterocycles. The lowest BCUT2D eigenvalue weighted by Gasteiger charge is -2.10. The molecule has 2 N–H and O–H groups in total. The maximum Gasteiger partial charge on any atom is 0.253 e. The number of nitrogens with zero attached hydrogens (tertiary/aromatic N) is 1. The molecule has 0 saturated carbocycles. The molecule has 130 valence electrons. The molecule has 1 aliphatic heterocycles. The largest absolute Gasteiger partial charge is 0.358 e. The third kappa shape index (κ3) is 3.39. The Kier molecular flexibility index (Phi) is 4.53. The van der Waals surface area contributed by atoms with Crippen molar-refractivity contribution in [3.8, 4) is 11.3 Å². The quantitative estimate of drug-likeness (QED) is 0.679. The van der Waals surface area contributed by atoms with Gasteiger partial charge in [-0.05, 0) is 42.0 Å². The summed E-state index contributed by atoms with van der Waals surface area (Å²) in [5.74, 6) is -0.0254. The van der Waals surface area contributed by atoms with E-state index in [-0.39, 0.29) is 5.91 Å². The molecule has 26 heavy (non-hydrogen) atoms. The minimum atomic E-state index is -0.0254. The monoisotopic (exact) mass is 383 g/mol. The van der Waals surface area contributed by atoms with Crippen LogP contribution in [0.1, 0.15) is 27.3 Å². The van der Waals surface area contributed by atoms with E-state index < -0.39 is 0 Å². The maximum absolute atomic E-state index is 11.9. The van der Waals surface area contributed by atoms with Gasteiger partial charge in [-0.1, -0.05) is 35.3 Å². The number of pyridine rings is 1. The molecule has 3 heterocycles. The van der Waals surface area contributed by atoms with Crippen LogP contribution in [-0.2, 0) is 6.42 Å². The van der Waals surface area contributed by atoms with Crippen LogP contribution in [0, 0.1) is 0 Å². The van der Waals surface area contributed by atoms with Gasteiger partial charge in [0.15, 0.2) is 0 Å². The van der Waals surface area contributed by atoms with Crippen LogP contribution in [0.5, 0.6) is 0 Å². The van der Waals surface area contributed by atoms with Crippen LogP contribution >= 0.6 is 23.2 Å². The van der Waals surface area contributed by atoms with E-state index in [4.69, 9.17) is 23.2 Å². The fourth-order valence-electron chi connectivity index (χ4n) is 2.95. The molecular formula is C20H15Cl2N3O. The zero-order chi connectivity index (χ0) is 18.1. The van der Waals surface area contributed by atoms with Gasteiger partial charge in [-0.25, -0.2) is 0 Å². The summed E-state index contributed by atoms with van der Waals surface area (Å²) in [7, 11) is 0. The number of aromatic amines is 1. The number of halogens is 2.